The Hall–Kier alpha value is -0.860. The summed E-state index contributed by atoms with van der Waals surface area (Å²) in [5.41, 5.74) is 3.09. The van der Waals surface area contributed by atoms with E-state index in [2.05, 4.69) is 62.2 Å². The van der Waals surface area contributed by atoms with Crippen molar-refractivity contribution in [2.75, 3.05) is 13.1 Å². The minimum Gasteiger partial charge on any atom is -0.309 e. The third-order valence-corrected chi connectivity index (χ3v) is 5.52. The molecule has 0 spiro atoms. The lowest BCUT2D eigenvalue weighted by atomic mass is 9.77. The average molecular weight is 286 g/mol. The first-order chi connectivity index (χ1) is 10.1. The lowest BCUT2D eigenvalue weighted by Gasteiger charge is -2.44. The van der Waals surface area contributed by atoms with Gasteiger partial charge in [-0.2, -0.15) is 0 Å². The van der Waals surface area contributed by atoms with E-state index in [1.807, 2.05) is 0 Å². The summed E-state index contributed by atoms with van der Waals surface area (Å²) in [5.74, 6) is 1.51. The zero-order valence-corrected chi connectivity index (χ0v) is 14.0. The lowest BCUT2D eigenvalue weighted by Crippen LogP contribution is -2.49. The van der Waals surface area contributed by atoms with Gasteiger partial charge in [-0.3, -0.25) is 4.90 Å². The summed E-state index contributed by atoms with van der Waals surface area (Å²) >= 11 is 0. The summed E-state index contributed by atoms with van der Waals surface area (Å²) in [5, 5.41) is 3.78. The number of likely N-dealkylation sites (tertiary alicyclic amines) is 1. The highest BCUT2D eigenvalue weighted by atomic mass is 15.2. The smallest absolute Gasteiger partial charge is 0.0481 e. The van der Waals surface area contributed by atoms with E-state index in [4.69, 9.17) is 0 Å². The molecule has 116 valence electrons. The molecule has 2 heteroatoms. The van der Waals surface area contributed by atoms with Gasteiger partial charge >= 0.3 is 0 Å². The minimum absolute atomic E-state index is 0.496. The Balaban J connectivity index is 1.94. The van der Waals surface area contributed by atoms with Crippen molar-refractivity contribution in [1.29, 1.82) is 0 Å². The van der Waals surface area contributed by atoms with Crippen molar-refractivity contribution in [3.8, 4) is 0 Å². The Kier molecular flexibility index (Phi) is 4.37. The Morgan fingerprint density at radius 2 is 1.81 bits per heavy atom. The third kappa shape index (κ3) is 2.76. The number of hydrogen-bond donors (Lipinski definition) is 1. The van der Waals surface area contributed by atoms with Gasteiger partial charge in [0.15, 0.2) is 0 Å². The number of fused-ring (bicyclic) bond motifs is 1. The number of nitrogens with one attached hydrogen (secondary N) is 1. The van der Waals surface area contributed by atoms with Gasteiger partial charge in [0.25, 0.3) is 0 Å². The molecule has 5 unspecified atom stereocenters. The molecule has 1 heterocycles. The van der Waals surface area contributed by atoms with Crippen molar-refractivity contribution in [3.05, 3.63) is 35.4 Å². The molecule has 1 saturated heterocycles. The summed E-state index contributed by atoms with van der Waals surface area (Å²) in [7, 11) is 0. The van der Waals surface area contributed by atoms with Gasteiger partial charge in [0.2, 0.25) is 0 Å². The van der Waals surface area contributed by atoms with Crippen LogP contribution in [0, 0.1) is 5.92 Å². The number of benzene rings is 1. The maximum absolute atomic E-state index is 3.78. The molecule has 1 aromatic carbocycles. The first-order valence-electron chi connectivity index (χ1n) is 8.69. The highest BCUT2D eigenvalue weighted by Gasteiger charge is 2.40. The molecule has 0 bridgehead atoms. The van der Waals surface area contributed by atoms with Gasteiger partial charge in [0.1, 0.15) is 0 Å². The average Bonchev–Trinajstić information content (AvgIpc) is 2.81. The van der Waals surface area contributed by atoms with Gasteiger partial charge in [-0.15, -0.1) is 0 Å². The SMILES string of the molecule is CCNC1c2ccccc2C(C)CC1N1CC(C)CC1C. The van der Waals surface area contributed by atoms with Crippen LogP contribution >= 0.6 is 0 Å². The molecular weight excluding hydrogens is 256 g/mol. The van der Waals surface area contributed by atoms with E-state index in [9.17, 15) is 0 Å². The van der Waals surface area contributed by atoms with Gasteiger partial charge in [-0.1, -0.05) is 45.0 Å². The number of likely N-dealkylation sites (N-methyl/N-ethyl adjacent to an activating group) is 1. The molecular formula is C19H30N2. The van der Waals surface area contributed by atoms with Gasteiger partial charge < -0.3 is 5.32 Å². The van der Waals surface area contributed by atoms with Crippen molar-refractivity contribution in [3.63, 3.8) is 0 Å². The molecule has 2 aliphatic rings. The molecule has 0 aromatic heterocycles. The fourth-order valence-electron chi connectivity index (χ4n) is 4.66. The van der Waals surface area contributed by atoms with E-state index < -0.39 is 0 Å². The van der Waals surface area contributed by atoms with E-state index in [0.717, 1.165) is 18.5 Å². The van der Waals surface area contributed by atoms with Gasteiger partial charge in [-0.25, -0.2) is 0 Å². The van der Waals surface area contributed by atoms with E-state index in [0.29, 0.717) is 18.0 Å². The number of rotatable bonds is 3. The van der Waals surface area contributed by atoms with Crippen LogP contribution in [-0.2, 0) is 0 Å². The lowest BCUT2D eigenvalue weighted by molar-refractivity contribution is 0.125. The summed E-state index contributed by atoms with van der Waals surface area (Å²) in [6, 6.07) is 10.9. The minimum atomic E-state index is 0.496. The van der Waals surface area contributed by atoms with E-state index in [1.54, 1.807) is 5.56 Å². The van der Waals surface area contributed by atoms with Crippen molar-refractivity contribution < 1.29 is 0 Å². The van der Waals surface area contributed by atoms with Gasteiger partial charge in [-0.05, 0) is 49.3 Å². The Morgan fingerprint density at radius 1 is 1.10 bits per heavy atom. The Bertz CT molecular complexity index is 484. The first kappa shape index (κ1) is 15.1. The summed E-state index contributed by atoms with van der Waals surface area (Å²) < 4.78 is 0. The van der Waals surface area contributed by atoms with E-state index in [-0.39, 0.29) is 0 Å². The van der Waals surface area contributed by atoms with Crippen LogP contribution in [0.25, 0.3) is 0 Å². The van der Waals surface area contributed by atoms with Crippen LogP contribution in [0.3, 0.4) is 0 Å². The zero-order chi connectivity index (χ0) is 15.0. The third-order valence-electron chi connectivity index (χ3n) is 5.52. The second kappa shape index (κ2) is 6.10. The molecule has 2 nitrogen and oxygen atoms in total. The Morgan fingerprint density at radius 3 is 2.43 bits per heavy atom. The number of hydrogen-bond acceptors (Lipinski definition) is 2. The topological polar surface area (TPSA) is 15.3 Å². The predicted molar refractivity (Wildman–Crippen MR) is 89.6 cm³/mol. The molecule has 3 rings (SSSR count). The zero-order valence-electron chi connectivity index (χ0n) is 14.0. The maximum Gasteiger partial charge on any atom is 0.0481 e. The van der Waals surface area contributed by atoms with Crippen molar-refractivity contribution in [2.24, 2.45) is 5.92 Å². The molecule has 21 heavy (non-hydrogen) atoms. The monoisotopic (exact) mass is 286 g/mol. The molecule has 1 aliphatic heterocycles. The van der Waals surface area contributed by atoms with Crippen LogP contribution in [0.15, 0.2) is 24.3 Å². The van der Waals surface area contributed by atoms with Crippen LogP contribution in [-0.4, -0.2) is 30.1 Å². The molecule has 5 atom stereocenters. The molecule has 1 fully saturated rings. The van der Waals surface area contributed by atoms with Gasteiger partial charge in [0, 0.05) is 24.7 Å². The quantitative estimate of drug-likeness (QED) is 0.905. The highest BCUT2D eigenvalue weighted by Crippen LogP contribution is 2.42. The molecule has 1 aromatic rings. The summed E-state index contributed by atoms with van der Waals surface area (Å²) in [6.45, 7) is 11.8. The second-order valence-electron chi connectivity index (χ2n) is 7.26. The predicted octanol–water partition coefficient (Wildman–Crippen LogP) is 3.94. The fraction of sp³-hybridized carbons (Fsp3) is 0.684. The second-order valence-corrected chi connectivity index (χ2v) is 7.26. The van der Waals surface area contributed by atoms with Crippen molar-refractivity contribution in [2.45, 2.75) is 64.6 Å². The maximum atomic E-state index is 3.78. The molecule has 0 saturated carbocycles. The normalized spacial score (nSPS) is 36.7. The van der Waals surface area contributed by atoms with Crippen LogP contribution in [0.4, 0.5) is 0 Å². The molecule has 1 aliphatic carbocycles. The standard InChI is InChI=1S/C19H30N2/c1-5-20-19-17-9-7-6-8-16(17)14(3)11-18(19)21-12-13(2)10-15(21)4/h6-9,13-15,18-20H,5,10-12H2,1-4H3. The van der Waals surface area contributed by atoms with Crippen molar-refractivity contribution >= 4 is 0 Å². The molecule has 0 amide bonds. The van der Waals surface area contributed by atoms with Crippen LogP contribution < -0.4 is 5.32 Å². The van der Waals surface area contributed by atoms with Crippen LogP contribution in [0.1, 0.15) is 63.6 Å². The van der Waals surface area contributed by atoms with E-state index >= 15 is 0 Å². The fourth-order valence-corrected chi connectivity index (χ4v) is 4.66. The van der Waals surface area contributed by atoms with Gasteiger partial charge in [0.05, 0.1) is 0 Å². The van der Waals surface area contributed by atoms with Crippen LogP contribution in [0.5, 0.6) is 0 Å². The molecule has 0 radical (unpaired) electrons. The number of nitrogens with zero attached hydrogens (tertiary/aromatic N) is 1. The highest BCUT2D eigenvalue weighted by molar-refractivity contribution is 5.37. The van der Waals surface area contributed by atoms with E-state index in [1.165, 1.54) is 24.9 Å². The summed E-state index contributed by atoms with van der Waals surface area (Å²) in [6.07, 6.45) is 2.64. The Labute approximate surface area is 129 Å². The first-order valence-corrected chi connectivity index (χ1v) is 8.69. The van der Waals surface area contributed by atoms with Crippen LogP contribution in [0.2, 0.25) is 0 Å². The van der Waals surface area contributed by atoms with Crippen molar-refractivity contribution in [1.82, 2.24) is 10.2 Å². The largest absolute Gasteiger partial charge is 0.309 e. The molecule has 1 N–H and O–H groups in total. The summed E-state index contributed by atoms with van der Waals surface area (Å²) in [4.78, 5) is 2.78.